The number of aryl methyl sites for hydroxylation is 1. The van der Waals surface area contributed by atoms with Crippen LogP contribution in [-0.2, 0) is 6.54 Å². The van der Waals surface area contributed by atoms with E-state index < -0.39 is 0 Å². The zero-order chi connectivity index (χ0) is 17.4. The molecule has 2 N–H and O–H groups in total. The van der Waals surface area contributed by atoms with E-state index in [-0.39, 0.29) is 24.0 Å². The summed E-state index contributed by atoms with van der Waals surface area (Å²) in [5, 5.41) is 6.49. The summed E-state index contributed by atoms with van der Waals surface area (Å²) < 4.78 is 10.6. The van der Waals surface area contributed by atoms with Crippen LogP contribution in [-0.4, -0.2) is 31.7 Å². The molecule has 0 saturated carbocycles. The predicted molar refractivity (Wildman–Crippen MR) is 112 cm³/mol. The highest BCUT2D eigenvalue weighted by molar-refractivity contribution is 14.0. The maximum Gasteiger partial charge on any atom is 0.196 e. The maximum atomic E-state index is 5.33. The first-order valence-electron chi connectivity index (χ1n) is 7.86. The lowest BCUT2D eigenvalue weighted by atomic mass is 10.2. The minimum atomic E-state index is 0. The van der Waals surface area contributed by atoms with Gasteiger partial charge in [0.15, 0.2) is 17.5 Å². The van der Waals surface area contributed by atoms with E-state index in [4.69, 9.17) is 9.47 Å². The van der Waals surface area contributed by atoms with E-state index in [1.165, 1.54) is 0 Å². The molecule has 0 spiro atoms. The van der Waals surface area contributed by atoms with Crippen LogP contribution in [0, 0.1) is 6.92 Å². The van der Waals surface area contributed by atoms with Gasteiger partial charge in [-0.3, -0.25) is 4.98 Å². The zero-order valence-electron chi connectivity index (χ0n) is 15.0. The standard InChI is InChI=1S/C18H24N4O2.HI/c1-5-19-18(20-12-15-8-6-7-13(2)21-15)22-14-9-10-16(23-3)17(11-14)24-4;/h6-11H,5,12H2,1-4H3,(H2,19,20,22);1H. The second-order valence-electron chi connectivity index (χ2n) is 5.16. The van der Waals surface area contributed by atoms with E-state index in [1.54, 1.807) is 14.2 Å². The number of aromatic nitrogens is 1. The average Bonchev–Trinajstić information content (AvgIpc) is 2.60. The van der Waals surface area contributed by atoms with Gasteiger partial charge >= 0.3 is 0 Å². The van der Waals surface area contributed by atoms with Gasteiger partial charge in [0.1, 0.15) is 0 Å². The van der Waals surface area contributed by atoms with E-state index in [0.29, 0.717) is 24.0 Å². The molecule has 0 unspecified atom stereocenters. The summed E-state index contributed by atoms with van der Waals surface area (Å²) >= 11 is 0. The summed E-state index contributed by atoms with van der Waals surface area (Å²) in [6.45, 7) is 5.27. The molecule has 0 atom stereocenters. The van der Waals surface area contributed by atoms with Gasteiger partial charge in [0.2, 0.25) is 0 Å². The van der Waals surface area contributed by atoms with Crippen molar-refractivity contribution in [3.63, 3.8) is 0 Å². The first kappa shape index (κ1) is 21.0. The first-order valence-corrected chi connectivity index (χ1v) is 7.86. The third kappa shape index (κ3) is 6.41. The van der Waals surface area contributed by atoms with Gasteiger partial charge in [0.25, 0.3) is 0 Å². The normalized spacial score (nSPS) is 10.6. The number of guanidine groups is 1. The number of nitrogens with one attached hydrogen (secondary N) is 2. The van der Waals surface area contributed by atoms with Gasteiger partial charge in [-0.1, -0.05) is 6.07 Å². The fraction of sp³-hybridized carbons (Fsp3) is 0.333. The Balaban J connectivity index is 0.00000312. The Morgan fingerprint density at radius 2 is 1.88 bits per heavy atom. The van der Waals surface area contributed by atoms with Crippen molar-refractivity contribution in [2.45, 2.75) is 20.4 Å². The Labute approximate surface area is 166 Å². The Hall–Kier alpha value is -2.03. The number of halogens is 1. The van der Waals surface area contributed by atoms with Crippen LogP contribution in [0.2, 0.25) is 0 Å². The minimum absolute atomic E-state index is 0. The van der Waals surface area contributed by atoms with E-state index in [9.17, 15) is 0 Å². The predicted octanol–water partition coefficient (Wildman–Crippen LogP) is 3.60. The summed E-state index contributed by atoms with van der Waals surface area (Å²) in [6, 6.07) is 11.6. The average molecular weight is 456 g/mol. The highest BCUT2D eigenvalue weighted by Gasteiger charge is 2.06. The monoisotopic (exact) mass is 456 g/mol. The van der Waals surface area contributed by atoms with Crippen LogP contribution < -0.4 is 20.1 Å². The lowest BCUT2D eigenvalue weighted by molar-refractivity contribution is 0.355. The fourth-order valence-corrected chi connectivity index (χ4v) is 2.21. The number of ether oxygens (including phenoxy) is 2. The van der Waals surface area contributed by atoms with Crippen molar-refractivity contribution in [1.29, 1.82) is 0 Å². The van der Waals surface area contributed by atoms with Gasteiger partial charge in [-0.15, -0.1) is 24.0 Å². The van der Waals surface area contributed by atoms with Crippen molar-refractivity contribution in [2.24, 2.45) is 4.99 Å². The van der Waals surface area contributed by atoms with E-state index >= 15 is 0 Å². The number of methoxy groups -OCH3 is 2. The molecule has 1 aromatic carbocycles. The van der Waals surface area contributed by atoms with E-state index in [2.05, 4.69) is 20.6 Å². The number of benzene rings is 1. The van der Waals surface area contributed by atoms with Gasteiger partial charge in [-0.2, -0.15) is 0 Å². The molecule has 25 heavy (non-hydrogen) atoms. The second-order valence-corrected chi connectivity index (χ2v) is 5.16. The molecule has 0 aliphatic rings. The third-order valence-corrected chi connectivity index (χ3v) is 3.34. The Morgan fingerprint density at radius 3 is 2.52 bits per heavy atom. The van der Waals surface area contributed by atoms with Crippen molar-refractivity contribution in [2.75, 3.05) is 26.1 Å². The van der Waals surface area contributed by atoms with Gasteiger partial charge in [-0.05, 0) is 38.1 Å². The molecule has 0 aliphatic heterocycles. The number of anilines is 1. The van der Waals surface area contributed by atoms with Gasteiger partial charge in [-0.25, -0.2) is 4.99 Å². The molecule has 7 heteroatoms. The summed E-state index contributed by atoms with van der Waals surface area (Å²) in [4.78, 5) is 9.04. The quantitative estimate of drug-likeness (QED) is 0.395. The molecule has 2 rings (SSSR count). The van der Waals surface area contributed by atoms with Crippen LogP contribution in [0.15, 0.2) is 41.4 Å². The van der Waals surface area contributed by atoms with Gasteiger partial charge in [0, 0.05) is 24.0 Å². The molecule has 2 aromatic rings. The van der Waals surface area contributed by atoms with E-state index in [1.807, 2.05) is 50.2 Å². The SMILES string of the molecule is CCNC(=NCc1cccc(C)n1)Nc1ccc(OC)c(OC)c1.I. The summed E-state index contributed by atoms with van der Waals surface area (Å²) in [5.41, 5.74) is 2.78. The van der Waals surface area contributed by atoms with Crippen LogP contribution >= 0.6 is 24.0 Å². The lowest BCUT2D eigenvalue weighted by Gasteiger charge is -2.13. The Kier molecular flexibility index (Phi) is 9.04. The third-order valence-electron chi connectivity index (χ3n) is 3.34. The zero-order valence-corrected chi connectivity index (χ0v) is 17.3. The van der Waals surface area contributed by atoms with Crippen LogP contribution in [0.5, 0.6) is 11.5 Å². The lowest BCUT2D eigenvalue weighted by Crippen LogP contribution is -2.30. The molecular formula is C18H25IN4O2. The molecule has 0 fully saturated rings. The number of rotatable bonds is 6. The van der Waals surface area contributed by atoms with Crippen LogP contribution in [0.3, 0.4) is 0 Å². The van der Waals surface area contributed by atoms with Crippen LogP contribution in [0.4, 0.5) is 5.69 Å². The maximum absolute atomic E-state index is 5.33. The number of hydrogen-bond acceptors (Lipinski definition) is 4. The van der Waals surface area contributed by atoms with Crippen molar-refractivity contribution < 1.29 is 9.47 Å². The number of aliphatic imine (C=N–C) groups is 1. The number of pyridine rings is 1. The van der Waals surface area contributed by atoms with Crippen molar-refractivity contribution in [1.82, 2.24) is 10.3 Å². The van der Waals surface area contributed by atoms with Gasteiger partial charge in [0.05, 0.1) is 26.5 Å². The Morgan fingerprint density at radius 1 is 1.12 bits per heavy atom. The molecule has 0 amide bonds. The van der Waals surface area contributed by atoms with Crippen LogP contribution in [0.1, 0.15) is 18.3 Å². The summed E-state index contributed by atoms with van der Waals surface area (Å²) in [7, 11) is 3.23. The fourth-order valence-electron chi connectivity index (χ4n) is 2.21. The molecule has 0 saturated heterocycles. The van der Waals surface area contributed by atoms with Crippen molar-refractivity contribution in [3.05, 3.63) is 47.8 Å². The number of hydrogen-bond donors (Lipinski definition) is 2. The largest absolute Gasteiger partial charge is 0.493 e. The summed E-state index contributed by atoms with van der Waals surface area (Å²) in [5.74, 6) is 2.04. The van der Waals surface area contributed by atoms with Crippen molar-refractivity contribution in [3.8, 4) is 11.5 Å². The smallest absolute Gasteiger partial charge is 0.196 e. The molecule has 0 aliphatic carbocycles. The highest BCUT2D eigenvalue weighted by atomic mass is 127. The second kappa shape index (κ2) is 10.8. The molecule has 6 nitrogen and oxygen atoms in total. The Bertz CT molecular complexity index is 707. The minimum Gasteiger partial charge on any atom is -0.493 e. The molecular weight excluding hydrogens is 431 g/mol. The molecule has 0 bridgehead atoms. The van der Waals surface area contributed by atoms with Crippen LogP contribution in [0.25, 0.3) is 0 Å². The van der Waals surface area contributed by atoms with Crippen molar-refractivity contribution >= 4 is 35.6 Å². The first-order chi connectivity index (χ1) is 11.7. The molecule has 1 aromatic heterocycles. The molecule has 136 valence electrons. The molecule has 1 heterocycles. The summed E-state index contributed by atoms with van der Waals surface area (Å²) in [6.07, 6.45) is 0. The topological polar surface area (TPSA) is 67.8 Å². The van der Waals surface area contributed by atoms with E-state index in [0.717, 1.165) is 23.6 Å². The number of nitrogens with zero attached hydrogens (tertiary/aromatic N) is 2. The highest BCUT2D eigenvalue weighted by Crippen LogP contribution is 2.29. The molecule has 0 radical (unpaired) electrons. The van der Waals surface area contributed by atoms with Gasteiger partial charge < -0.3 is 20.1 Å².